The number of amides is 1. The molecule has 36 heavy (non-hydrogen) atoms. The minimum atomic E-state index is -4.07. The molecule has 0 bridgehead atoms. The highest BCUT2D eigenvalue weighted by Crippen LogP contribution is 2.35. The van der Waals surface area contributed by atoms with Crippen molar-refractivity contribution in [3.8, 4) is 17.3 Å². The van der Waals surface area contributed by atoms with Crippen molar-refractivity contribution in [3.05, 3.63) is 59.8 Å². The van der Waals surface area contributed by atoms with Crippen molar-refractivity contribution in [1.82, 2.24) is 14.5 Å². The first-order valence-corrected chi connectivity index (χ1v) is 13.0. The molecular weight excluding hydrogens is 484 g/mol. The van der Waals surface area contributed by atoms with Gasteiger partial charge < -0.3 is 15.2 Å². The monoisotopic (exact) mass is 514 g/mol. The van der Waals surface area contributed by atoms with Crippen LogP contribution in [0.25, 0.3) is 5.69 Å². The van der Waals surface area contributed by atoms with Crippen molar-refractivity contribution < 1.29 is 27.9 Å². The molecule has 0 saturated heterocycles. The molecule has 3 aromatic rings. The summed E-state index contributed by atoms with van der Waals surface area (Å²) in [5.41, 5.74) is 0.815. The van der Waals surface area contributed by atoms with Crippen LogP contribution in [0.2, 0.25) is 0 Å². The summed E-state index contributed by atoms with van der Waals surface area (Å²) in [7, 11) is -4.07. The molecule has 1 amide bonds. The zero-order valence-electron chi connectivity index (χ0n) is 20.8. The van der Waals surface area contributed by atoms with Crippen LogP contribution in [0.1, 0.15) is 50.2 Å². The Balaban J connectivity index is 2.16. The molecule has 0 radical (unpaired) electrons. The molecular formula is C25H30N4O6S. The molecule has 11 heteroatoms. The number of rotatable bonds is 10. The van der Waals surface area contributed by atoms with Gasteiger partial charge in [0.25, 0.3) is 0 Å². The number of para-hydroxylation sites is 1. The molecule has 1 aromatic heterocycles. The predicted molar refractivity (Wildman–Crippen MR) is 135 cm³/mol. The zero-order chi connectivity index (χ0) is 26.6. The Labute approximate surface area is 210 Å². The summed E-state index contributed by atoms with van der Waals surface area (Å²) in [4.78, 5) is 23.8. The lowest BCUT2D eigenvalue weighted by atomic mass is 10.2. The number of nitrogens with one attached hydrogen (secondary N) is 2. The van der Waals surface area contributed by atoms with Crippen LogP contribution in [0, 0.1) is 12.8 Å². The van der Waals surface area contributed by atoms with E-state index in [0.29, 0.717) is 12.1 Å². The van der Waals surface area contributed by atoms with E-state index in [4.69, 9.17) is 4.74 Å². The average molecular weight is 515 g/mol. The third kappa shape index (κ3) is 5.92. The Morgan fingerprint density at radius 2 is 1.78 bits per heavy atom. The number of carbonyl (C=O) groups is 2. The van der Waals surface area contributed by atoms with Gasteiger partial charge in [0.2, 0.25) is 21.8 Å². The number of hydrogen-bond acceptors (Lipinski definition) is 6. The standard InChI is InChI=1S/C25H30N4O6S/c1-6-16(4)28-36(33,34)21-14-18(26-23(30)15(2)3)12-13-20(21)35-24-17(5)22(25(31)32)27-29(24)19-10-8-7-9-11-19/h7-16,28H,6H2,1-5H3,(H,26,30)(H,31,32)/t16-/m0/s1. The maximum Gasteiger partial charge on any atom is 0.356 e. The third-order valence-corrected chi connectivity index (χ3v) is 7.08. The fourth-order valence-electron chi connectivity index (χ4n) is 3.23. The Hall–Kier alpha value is -3.70. The molecule has 1 atom stereocenters. The molecule has 0 saturated carbocycles. The summed E-state index contributed by atoms with van der Waals surface area (Å²) in [6.45, 7) is 8.56. The van der Waals surface area contributed by atoms with Crippen molar-refractivity contribution in [3.63, 3.8) is 0 Å². The number of carboxylic acids is 1. The van der Waals surface area contributed by atoms with Crippen LogP contribution >= 0.6 is 0 Å². The topological polar surface area (TPSA) is 140 Å². The van der Waals surface area contributed by atoms with E-state index < -0.39 is 16.0 Å². The lowest BCUT2D eigenvalue weighted by Crippen LogP contribution is -2.32. The van der Waals surface area contributed by atoms with Crippen LogP contribution in [0.3, 0.4) is 0 Å². The number of benzene rings is 2. The van der Waals surface area contributed by atoms with E-state index in [-0.39, 0.29) is 51.3 Å². The number of aromatic carboxylic acids is 1. The Kier molecular flexibility index (Phi) is 8.16. The smallest absolute Gasteiger partial charge is 0.356 e. The van der Waals surface area contributed by atoms with Gasteiger partial charge >= 0.3 is 5.97 Å². The Morgan fingerprint density at radius 3 is 2.36 bits per heavy atom. The summed E-state index contributed by atoms with van der Waals surface area (Å²) in [5.74, 6) is -1.82. The molecule has 0 fully saturated rings. The SMILES string of the molecule is CC[C@H](C)NS(=O)(=O)c1cc(NC(=O)C(C)C)ccc1Oc1c(C)c(C(=O)O)nn1-c1ccccc1. The number of nitrogens with zero attached hydrogens (tertiary/aromatic N) is 2. The number of anilines is 1. The van der Waals surface area contributed by atoms with Gasteiger partial charge in [-0.05, 0) is 50.6 Å². The van der Waals surface area contributed by atoms with E-state index in [9.17, 15) is 23.1 Å². The van der Waals surface area contributed by atoms with E-state index >= 15 is 0 Å². The zero-order valence-corrected chi connectivity index (χ0v) is 21.6. The van der Waals surface area contributed by atoms with E-state index in [1.807, 2.05) is 6.92 Å². The average Bonchev–Trinajstić information content (AvgIpc) is 3.16. The highest BCUT2D eigenvalue weighted by Gasteiger charge is 2.27. The maximum atomic E-state index is 13.3. The largest absolute Gasteiger partial charge is 0.476 e. The first-order valence-electron chi connectivity index (χ1n) is 11.5. The molecule has 0 aliphatic rings. The van der Waals surface area contributed by atoms with Gasteiger partial charge in [-0.2, -0.15) is 9.78 Å². The second-order valence-electron chi connectivity index (χ2n) is 8.67. The highest BCUT2D eigenvalue weighted by molar-refractivity contribution is 7.89. The lowest BCUT2D eigenvalue weighted by molar-refractivity contribution is -0.118. The number of carbonyl (C=O) groups excluding carboxylic acids is 1. The molecule has 10 nitrogen and oxygen atoms in total. The van der Waals surface area contributed by atoms with Crippen LogP contribution in [-0.4, -0.2) is 41.2 Å². The molecule has 0 aliphatic heterocycles. The molecule has 192 valence electrons. The number of sulfonamides is 1. The highest BCUT2D eigenvalue weighted by atomic mass is 32.2. The van der Waals surface area contributed by atoms with Gasteiger partial charge in [0.05, 0.1) is 5.69 Å². The fraction of sp³-hybridized carbons (Fsp3) is 0.320. The summed E-state index contributed by atoms with van der Waals surface area (Å²) in [6.07, 6.45) is 0.557. The number of carboxylic acid groups (broad SMARTS) is 1. The first kappa shape index (κ1) is 26.9. The molecule has 3 N–H and O–H groups in total. The normalized spacial score (nSPS) is 12.4. The first-order chi connectivity index (χ1) is 16.9. The lowest BCUT2D eigenvalue weighted by Gasteiger charge is -2.18. The molecule has 0 unspecified atom stereocenters. The van der Waals surface area contributed by atoms with Crippen molar-refractivity contribution in [1.29, 1.82) is 0 Å². The number of ether oxygens (including phenoxy) is 1. The van der Waals surface area contributed by atoms with E-state index in [1.54, 1.807) is 51.1 Å². The minimum Gasteiger partial charge on any atom is -0.476 e. The van der Waals surface area contributed by atoms with Gasteiger partial charge in [0, 0.05) is 23.2 Å². The van der Waals surface area contributed by atoms with Gasteiger partial charge in [-0.1, -0.05) is 39.0 Å². The fourth-order valence-corrected chi connectivity index (χ4v) is 4.71. The quantitative estimate of drug-likeness (QED) is 0.366. The Bertz CT molecular complexity index is 1370. The summed E-state index contributed by atoms with van der Waals surface area (Å²) < 4.78 is 36.6. The van der Waals surface area contributed by atoms with Crippen molar-refractivity contribution in [2.24, 2.45) is 5.92 Å². The number of aromatic nitrogens is 2. The van der Waals surface area contributed by atoms with E-state index in [2.05, 4.69) is 15.1 Å². The third-order valence-electron chi connectivity index (χ3n) is 5.47. The molecule has 2 aromatic carbocycles. The van der Waals surface area contributed by atoms with E-state index in [0.717, 1.165) is 0 Å². The van der Waals surface area contributed by atoms with Crippen molar-refractivity contribution in [2.45, 2.75) is 52.0 Å². The summed E-state index contributed by atoms with van der Waals surface area (Å²) in [5, 5.41) is 16.5. The van der Waals surface area contributed by atoms with Gasteiger partial charge in [0.15, 0.2) is 5.69 Å². The maximum absolute atomic E-state index is 13.3. The van der Waals surface area contributed by atoms with Crippen LogP contribution < -0.4 is 14.8 Å². The summed E-state index contributed by atoms with van der Waals surface area (Å²) in [6, 6.07) is 12.7. The van der Waals surface area contributed by atoms with Crippen LogP contribution in [0.4, 0.5) is 5.69 Å². The van der Waals surface area contributed by atoms with Gasteiger partial charge in [-0.15, -0.1) is 0 Å². The second-order valence-corrected chi connectivity index (χ2v) is 10.4. The second kappa shape index (κ2) is 10.9. The minimum absolute atomic E-state index is 0.0505. The Morgan fingerprint density at radius 1 is 1.11 bits per heavy atom. The molecule has 0 aliphatic carbocycles. The van der Waals surface area contributed by atoms with E-state index in [1.165, 1.54) is 29.8 Å². The molecule has 0 spiro atoms. The predicted octanol–water partition coefficient (Wildman–Crippen LogP) is 4.34. The number of hydrogen-bond donors (Lipinski definition) is 3. The molecule has 3 rings (SSSR count). The van der Waals surface area contributed by atoms with Crippen LogP contribution in [0.15, 0.2) is 53.4 Å². The van der Waals surface area contributed by atoms with Crippen LogP contribution in [-0.2, 0) is 14.8 Å². The van der Waals surface area contributed by atoms with Crippen LogP contribution in [0.5, 0.6) is 11.6 Å². The van der Waals surface area contributed by atoms with Crippen molar-refractivity contribution in [2.75, 3.05) is 5.32 Å². The van der Waals surface area contributed by atoms with Gasteiger partial charge in [0.1, 0.15) is 10.6 Å². The van der Waals surface area contributed by atoms with Crippen molar-refractivity contribution >= 4 is 27.6 Å². The summed E-state index contributed by atoms with van der Waals surface area (Å²) >= 11 is 0. The van der Waals surface area contributed by atoms with Gasteiger partial charge in [-0.25, -0.2) is 17.9 Å². The molecule has 1 heterocycles. The van der Waals surface area contributed by atoms with Gasteiger partial charge in [-0.3, -0.25) is 4.79 Å².